The summed E-state index contributed by atoms with van der Waals surface area (Å²) < 4.78 is 0. The van der Waals surface area contributed by atoms with Gasteiger partial charge >= 0.3 is 12.0 Å². The Hall–Kier alpha value is -2.15. The second-order valence-corrected chi connectivity index (χ2v) is 4.03. The number of aromatic nitrogens is 1. The van der Waals surface area contributed by atoms with E-state index in [1.165, 1.54) is 6.92 Å². The molecular formula is C12H17N3O4. The molecule has 19 heavy (non-hydrogen) atoms. The van der Waals surface area contributed by atoms with Gasteiger partial charge in [0.15, 0.2) is 6.04 Å². The van der Waals surface area contributed by atoms with Crippen molar-refractivity contribution in [1.82, 2.24) is 15.6 Å². The topological polar surface area (TPSA) is 112 Å². The number of urea groups is 1. The minimum Gasteiger partial charge on any atom is -0.480 e. The number of hydrogen-bond acceptors (Lipinski definition) is 4. The zero-order chi connectivity index (χ0) is 14.3. The molecule has 0 aliphatic rings. The third-order valence-corrected chi connectivity index (χ3v) is 2.43. The van der Waals surface area contributed by atoms with Gasteiger partial charge in [-0.2, -0.15) is 0 Å². The molecule has 7 heteroatoms. The van der Waals surface area contributed by atoms with Gasteiger partial charge in [-0.1, -0.05) is 6.07 Å². The summed E-state index contributed by atoms with van der Waals surface area (Å²) in [6.45, 7) is 1.63. The second-order valence-electron chi connectivity index (χ2n) is 4.03. The molecule has 0 spiro atoms. The van der Waals surface area contributed by atoms with Gasteiger partial charge in [0.1, 0.15) is 0 Å². The first-order chi connectivity index (χ1) is 9.00. The summed E-state index contributed by atoms with van der Waals surface area (Å²) in [4.78, 5) is 26.3. The Bertz CT molecular complexity index is 422. The molecule has 4 N–H and O–H groups in total. The van der Waals surface area contributed by atoms with E-state index in [1.807, 2.05) is 12.1 Å². The third-order valence-electron chi connectivity index (χ3n) is 2.43. The molecule has 0 fully saturated rings. The van der Waals surface area contributed by atoms with Crippen molar-refractivity contribution in [3.05, 3.63) is 30.1 Å². The molecule has 0 aliphatic heterocycles. The summed E-state index contributed by atoms with van der Waals surface area (Å²) in [6.07, 6.45) is 1.03. The van der Waals surface area contributed by atoms with E-state index in [0.717, 1.165) is 5.69 Å². The van der Waals surface area contributed by atoms with Gasteiger partial charge in [0.2, 0.25) is 0 Å². The standard InChI is InChI=1S/C12H17N3O4/c1-8(16)10(11(17)18)15-12(19)14-7-5-9-4-2-3-6-13-9/h2-4,6,8,10,16H,5,7H2,1H3,(H,17,18)(H2,14,15,19)/t8-,10+/m1/s1. The van der Waals surface area contributed by atoms with Crippen molar-refractivity contribution in [2.45, 2.75) is 25.5 Å². The van der Waals surface area contributed by atoms with Crippen LogP contribution in [0.25, 0.3) is 0 Å². The summed E-state index contributed by atoms with van der Waals surface area (Å²) in [7, 11) is 0. The maximum Gasteiger partial charge on any atom is 0.328 e. The Morgan fingerprint density at radius 3 is 2.68 bits per heavy atom. The van der Waals surface area contributed by atoms with Gasteiger partial charge in [-0.05, 0) is 19.1 Å². The average Bonchev–Trinajstić information content (AvgIpc) is 2.36. The molecule has 0 saturated carbocycles. The number of aliphatic carboxylic acids is 1. The van der Waals surface area contributed by atoms with E-state index in [2.05, 4.69) is 15.6 Å². The molecule has 1 aromatic rings. The van der Waals surface area contributed by atoms with Gasteiger partial charge in [0.25, 0.3) is 0 Å². The van der Waals surface area contributed by atoms with Crippen LogP contribution in [0.1, 0.15) is 12.6 Å². The Labute approximate surface area is 110 Å². The molecule has 2 atom stereocenters. The zero-order valence-corrected chi connectivity index (χ0v) is 10.5. The second kappa shape index (κ2) is 7.32. The van der Waals surface area contributed by atoms with Crippen LogP contribution in [-0.4, -0.2) is 45.9 Å². The number of rotatable bonds is 6. The zero-order valence-electron chi connectivity index (χ0n) is 10.5. The molecular weight excluding hydrogens is 250 g/mol. The SMILES string of the molecule is C[C@@H](O)[C@H](NC(=O)NCCc1ccccn1)C(=O)O. The number of pyridine rings is 1. The maximum atomic E-state index is 11.4. The Morgan fingerprint density at radius 1 is 1.42 bits per heavy atom. The van der Waals surface area contributed by atoms with Crippen LogP contribution in [0.2, 0.25) is 0 Å². The molecule has 7 nitrogen and oxygen atoms in total. The first-order valence-electron chi connectivity index (χ1n) is 5.86. The molecule has 104 valence electrons. The number of nitrogens with one attached hydrogen (secondary N) is 2. The molecule has 0 aromatic carbocycles. The fourth-order valence-corrected chi connectivity index (χ4v) is 1.43. The van der Waals surface area contributed by atoms with Crippen LogP contribution in [0.3, 0.4) is 0 Å². The van der Waals surface area contributed by atoms with Crippen molar-refractivity contribution in [3.8, 4) is 0 Å². The fourth-order valence-electron chi connectivity index (χ4n) is 1.43. The van der Waals surface area contributed by atoms with Crippen LogP contribution in [0.5, 0.6) is 0 Å². The first-order valence-corrected chi connectivity index (χ1v) is 5.86. The number of aliphatic hydroxyl groups excluding tert-OH is 1. The van der Waals surface area contributed by atoms with Crippen molar-refractivity contribution >= 4 is 12.0 Å². The van der Waals surface area contributed by atoms with E-state index < -0.39 is 24.1 Å². The molecule has 0 unspecified atom stereocenters. The summed E-state index contributed by atoms with van der Waals surface area (Å²) in [5.74, 6) is -1.28. The average molecular weight is 267 g/mol. The van der Waals surface area contributed by atoms with E-state index in [-0.39, 0.29) is 0 Å². The number of carbonyl (C=O) groups excluding carboxylic acids is 1. The number of carbonyl (C=O) groups is 2. The van der Waals surface area contributed by atoms with Crippen LogP contribution >= 0.6 is 0 Å². The van der Waals surface area contributed by atoms with E-state index in [0.29, 0.717) is 13.0 Å². The van der Waals surface area contributed by atoms with Gasteiger partial charge < -0.3 is 20.8 Å². The van der Waals surface area contributed by atoms with Crippen LogP contribution in [0, 0.1) is 0 Å². The summed E-state index contributed by atoms with van der Waals surface area (Å²) >= 11 is 0. The largest absolute Gasteiger partial charge is 0.480 e. The molecule has 1 rings (SSSR count). The smallest absolute Gasteiger partial charge is 0.328 e. The van der Waals surface area contributed by atoms with Crippen molar-refractivity contribution in [2.24, 2.45) is 0 Å². The van der Waals surface area contributed by atoms with E-state index in [1.54, 1.807) is 12.3 Å². The number of amides is 2. The lowest BCUT2D eigenvalue weighted by molar-refractivity contribution is -0.141. The van der Waals surface area contributed by atoms with Gasteiger partial charge in [0.05, 0.1) is 6.10 Å². The lowest BCUT2D eigenvalue weighted by atomic mass is 10.2. The number of hydrogen-bond donors (Lipinski definition) is 4. The summed E-state index contributed by atoms with van der Waals surface area (Å²) in [5.41, 5.74) is 0.827. The normalized spacial score (nSPS) is 13.4. The molecule has 2 amide bonds. The summed E-state index contributed by atoms with van der Waals surface area (Å²) in [5, 5.41) is 22.7. The molecule has 0 bridgehead atoms. The predicted molar refractivity (Wildman–Crippen MR) is 67.6 cm³/mol. The highest BCUT2D eigenvalue weighted by atomic mass is 16.4. The predicted octanol–water partition coefficient (Wildman–Crippen LogP) is -0.243. The lowest BCUT2D eigenvalue weighted by Gasteiger charge is -2.17. The molecule has 0 aliphatic carbocycles. The number of carboxylic acids is 1. The minimum atomic E-state index is -1.32. The number of carboxylic acid groups (broad SMARTS) is 1. The van der Waals surface area contributed by atoms with Gasteiger partial charge in [-0.15, -0.1) is 0 Å². The third kappa shape index (κ3) is 5.35. The fraction of sp³-hybridized carbons (Fsp3) is 0.417. The Balaban J connectivity index is 2.33. The van der Waals surface area contributed by atoms with Crippen molar-refractivity contribution in [3.63, 3.8) is 0 Å². The highest BCUT2D eigenvalue weighted by Crippen LogP contribution is 1.94. The van der Waals surface area contributed by atoms with Crippen molar-refractivity contribution in [1.29, 1.82) is 0 Å². The van der Waals surface area contributed by atoms with Gasteiger partial charge in [-0.3, -0.25) is 4.98 Å². The molecule has 1 aromatic heterocycles. The van der Waals surface area contributed by atoms with Crippen molar-refractivity contribution in [2.75, 3.05) is 6.54 Å². The lowest BCUT2D eigenvalue weighted by Crippen LogP contribution is -2.51. The monoisotopic (exact) mass is 267 g/mol. The van der Waals surface area contributed by atoms with E-state index >= 15 is 0 Å². The first kappa shape index (κ1) is 14.9. The maximum absolute atomic E-state index is 11.4. The highest BCUT2D eigenvalue weighted by Gasteiger charge is 2.24. The number of nitrogens with zero attached hydrogens (tertiary/aromatic N) is 1. The Morgan fingerprint density at radius 2 is 2.16 bits per heavy atom. The highest BCUT2D eigenvalue weighted by molar-refractivity contribution is 5.82. The van der Waals surface area contributed by atoms with Gasteiger partial charge in [0, 0.05) is 24.9 Å². The molecule has 1 heterocycles. The minimum absolute atomic E-state index is 0.328. The van der Waals surface area contributed by atoms with Crippen LogP contribution < -0.4 is 10.6 Å². The molecule has 0 saturated heterocycles. The number of aliphatic hydroxyl groups is 1. The van der Waals surface area contributed by atoms with Crippen LogP contribution in [0.15, 0.2) is 24.4 Å². The van der Waals surface area contributed by atoms with Crippen LogP contribution in [0.4, 0.5) is 4.79 Å². The van der Waals surface area contributed by atoms with E-state index in [4.69, 9.17) is 5.11 Å². The van der Waals surface area contributed by atoms with E-state index in [9.17, 15) is 14.7 Å². The van der Waals surface area contributed by atoms with Crippen molar-refractivity contribution < 1.29 is 19.8 Å². The Kier molecular flexibility index (Phi) is 5.74. The summed E-state index contributed by atoms with van der Waals surface area (Å²) in [6, 6.07) is 3.51. The van der Waals surface area contributed by atoms with Crippen LogP contribution in [-0.2, 0) is 11.2 Å². The molecule has 0 radical (unpaired) electrons. The quantitative estimate of drug-likeness (QED) is 0.568. The van der Waals surface area contributed by atoms with Gasteiger partial charge in [-0.25, -0.2) is 9.59 Å².